The number of benzene rings is 2. The quantitative estimate of drug-likeness (QED) is 0.307. The number of nitrogens with zero attached hydrogens (tertiary/aromatic N) is 1. The maximum Gasteiger partial charge on any atom is 0.416 e. The van der Waals surface area contributed by atoms with Gasteiger partial charge in [-0.05, 0) is 43.7 Å². The number of fused-ring (bicyclic) bond motifs is 1. The van der Waals surface area contributed by atoms with E-state index in [2.05, 4.69) is 26.5 Å². The number of alkyl halides is 3. The maximum absolute atomic E-state index is 13.7. The number of amides is 1. The Bertz CT molecular complexity index is 1010. The first kappa shape index (κ1) is 22.8. The van der Waals surface area contributed by atoms with Crippen molar-refractivity contribution in [2.75, 3.05) is 5.43 Å². The molecule has 166 valence electrons. The minimum absolute atomic E-state index is 0.000114. The van der Waals surface area contributed by atoms with Gasteiger partial charge < -0.3 is 16.1 Å². The Hall–Kier alpha value is -2.85. The second-order valence-electron chi connectivity index (χ2n) is 6.99. The number of hydrogen-bond donors (Lipinski definition) is 4. The average Bonchev–Trinajstić information content (AvgIpc) is 3.11. The molecule has 4 N–H and O–H groups in total. The van der Waals surface area contributed by atoms with E-state index in [0.717, 1.165) is 18.2 Å². The molecule has 0 aromatic heterocycles. The van der Waals surface area contributed by atoms with Crippen LogP contribution in [0.2, 0.25) is 5.02 Å². The molecular formula is C20H20ClF4N5O. The Balaban J connectivity index is 1.85. The van der Waals surface area contributed by atoms with Crippen molar-refractivity contribution in [1.82, 2.24) is 16.1 Å². The molecule has 0 saturated carbocycles. The number of guanidine groups is 1. The lowest BCUT2D eigenvalue weighted by molar-refractivity contribution is -0.137. The fraction of sp³-hybridized carbons (Fsp3) is 0.300. The van der Waals surface area contributed by atoms with Crippen LogP contribution in [0.1, 0.15) is 47.9 Å². The predicted octanol–water partition coefficient (Wildman–Crippen LogP) is 4.60. The van der Waals surface area contributed by atoms with E-state index in [1.165, 1.54) is 18.2 Å². The molecule has 0 aliphatic carbocycles. The van der Waals surface area contributed by atoms with E-state index in [0.29, 0.717) is 12.0 Å². The Morgan fingerprint density at radius 1 is 1.26 bits per heavy atom. The molecule has 2 unspecified atom stereocenters. The fourth-order valence-electron chi connectivity index (χ4n) is 2.81. The van der Waals surface area contributed by atoms with Crippen molar-refractivity contribution < 1.29 is 22.4 Å². The van der Waals surface area contributed by atoms with Crippen molar-refractivity contribution in [2.24, 2.45) is 4.99 Å². The van der Waals surface area contributed by atoms with E-state index in [1.54, 1.807) is 0 Å². The highest BCUT2D eigenvalue weighted by Gasteiger charge is 2.33. The van der Waals surface area contributed by atoms with E-state index in [-0.39, 0.29) is 28.3 Å². The highest BCUT2D eigenvalue weighted by Crippen LogP contribution is 2.35. The number of carbonyl (C=O) groups is 1. The van der Waals surface area contributed by atoms with E-state index in [1.807, 2.05) is 13.8 Å². The normalized spacial score (nSPS) is 17.0. The molecule has 1 aliphatic rings. The van der Waals surface area contributed by atoms with Crippen LogP contribution in [0.4, 0.5) is 23.2 Å². The van der Waals surface area contributed by atoms with Crippen LogP contribution in [0.25, 0.3) is 0 Å². The number of nitrogens with one attached hydrogen (secondary N) is 4. The average molecular weight is 458 g/mol. The number of halogens is 5. The van der Waals surface area contributed by atoms with Crippen LogP contribution in [0.3, 0.4) is 0 Å². The summed E-state index contributed by atoms with van der Waals surface area (Å²) in [6, 6.07) is 6.82. The van der Waals surface area contributed by atoms with Crippen LogP contribution in [0, 0.1) is 5.82 Å². The van der Waals surface area contributed by atoms with Crippen molar-refractivity contribution in [1.29, 1.82) is 0 Å². The Morgan fingerprint density at radius 3 is 2.65 bits per heavy atom. The smallest absolute Gasteiger partial charge is 0.354 e. The van der Waals surface area contributed by atoms with Gasteiger partial charge in [-0.3, -0.25) is 4.79 Å². The van der Waals surface area contributed by atoms with Crippen molar-refractivity contribution in [3.63, 3.8) is 0 Å². The van der Waals surface area contributed by atoms with Gasteiger partial charge in [0.2, 0.25) is 5.96 Å². The molecule has 1 heterocycles. The predicted molar refractivity (Wildman–Crippen MR) is 110 cm³/mol. The molecule has 31 heavy (non-hydrogen) atoms. The standard InChI is InChI=1S/C20H20ClF4N5O/c1-3-10(2)26-19(28-18(31)11-4-7-14(21)15(22)8-11)27-17-13-6-5-12(20(23,24)25)9-16(13)29-30-17/h4-10,17,29-30H,3H2,1-2H3,(H2,26,27,28,31). The third-order valence-corrected chi connectivity index (χ3v) is 5.01. The zero-order valence-electron chi connectivity index (χ0n) is 16.6. The lowest BCUT2D eigenvalue weighted by atomic mass is 10.1. The van der Waals surface area contributed by atoms with Gasteiger partial charge in [-0.15, -0.1) is 0 Å². The molecule has 0 saturated heterocycles. The topological polar surface area (TPSA) is 77.5 Å². The summed E-state index contributed by atoms with van der Waals surface area (Å²) in [6.07, 6.45) is -4.41. The third kappa shape index (κ3) is 5.45. The van der Waals surface area contributed by atoms with Crippen molar-refractivity contribution in [2.45, 2.75) is 38.7 Å². The molecule has 2 aromatic rings. The van der Waals surface area contributed by atoms with E-state index in [9.17, 15) is 22.4 Å². The highest BCUT2D eigenvalue weighted by molar-refractivity contribution is 6.30. The summed E-state index contributed by atoms with van der Waals surface area (Å²) in [6.45, 7) is 3.79. The molecule has 6 nitrogen and oxygen atoms in total. The molecular weight excluding hydrogens is 438 g/mol. The summed E-state index contributed by atoms with van der Waals surface area (Å²) >= 11 is 5.65. The zero-order valence-corrected chi connectivity index (χ0v) is 17.3. The van der Waals surface area contributed by atoms with Crippen LogP contribution in [-0.4, -0.2) is 17.9 Å². The van der Waals surface area contributed by atoms with Crippen LogP contribution in [0.5, 0.6) is 0 Å². The van der Waals surface area contributed by atoms with Gasteiger partial charge >= 0.3 is 6.18 Å². The summed E-state index contributed by atoms with van der Waals surface area (Å²) in [5.41, 5.74) is 5.48. The summed E-state index contributed by atoms with van der Waals surface area (Å²) in [4.78, 5) is 16.5. The monoisotopic (exact) mass is 457 g/mol. The minimum atomic E-state index is -4.47. The molecule has 0 bridgehead atoms. The maximum atomic E-state index is 13.7. The second kappa shape index (κ2) is 9.11. The highest BCUT2D eigenvalue weighted by atomic mass is 35.5. The first-order valence-electron chi connectivity index (χ1n) is 9.42. The van der Waals surface area contributed by atoms with Gasteiger partial charge in [-0.2, -0.15) is 18.2 Å². The van der Waals surface area contributed by atoms with Crippen LogP contribution >= 0.6 is 11.6 Å². The molecule has 1 amide bonds. The van der Waals surface area contributed by atoms with E-state index >= 15 is 0 Å². The SMILES string of the molecule is CCC(C)N/C(=N/C(=O)c1ccc(Cl)c(F)c1)NC1NNc2cc(C(F)(F)F)ccc21. The molecule has 11 heteroatoms. The Morgan fingerprint density at radius 2 is 2.00 bits per heavy atom. The summed E-state index contributed by atoms with van der Waals surface area (Å²) in [7, 11) is 0. The number of anilines is 1. The molecule has 3 rings (SSSR count). The van der Waals surface area contributed by atoms with Gasteiger partial charge in [0.05, 0.1) is 16.3 Å². The van der Waals surface area contributed by atoms with E-state index < -0.39 is 29.6 Å². The molecule has 0 fully saturated rings. The van der Waals surface area contributed by atoms with Crippen molar-refractivity contribution in [3.8, 4) is 0 Å². The molecule has 2 atom stereocenters. The second-order valence-corrected chi connectivity index (χ2v) is 7.40. The number of hydrogen-bond acceptors (Lipinski definition) is 3. The molecule has 2 aromatic carbocycles. The first-order chi connectivity index (χ1) is 14.6. The largest absolute Gasteiger partial charge is 0.416 e. The molecule has 0 spiro atoms. The number of aliphatic imine (C=N–C) groups is 1. The number of rotatable bonds is 4. The van der Waals surface area contributed by atoms with Gasteiger partial charge in [0.15, 0.2) is 0 Å². The molecule has 0 radical (unpaired) electrons. The van der Waals surface area contributed by atoms with E-state index in [4.69, 9.17) is 11.6 Å². The summed E-state index contributed by atoms with van der Waals surface area (Å²) in [5, 5.41) is 5.88. The van der Waals surface area contributed by atoms with Crippen LogP contribution in [0.15, 0.2) is 41.4 Å². The third-order valence-electron chi connectivity index (χ3n) is 4.70. The number of carbonyl (C=O) groups excluding carboxylic acids is 1. The zero-order chi connectivity index (χ0) is 22.8. The minimum Gasteiger partial charge on any atom is -0.354 e. The number of hydrazine groups is 1. The lowest BCUT2D eigenvalue weighted by Gasteiger charge is -2.21. The van der Waals surface area contributed by atoms with Gasteiger partial charge in [-0.1, -0.05) is 24.6 Å². The van der Waals surface area contributed by atoms with Gasteiger partial charge in [0.25, 0.3) is 5.91 Å². The van der Waals surface area contributed by atoms with Crippen LogP contribution < -0.4 is 21.5 Å². The Labute approximate surface area is 181 Å². The van der Waals surface area contributed by atoms with Gasteiger partial charge in [-0.25, -0.2) is 9.82 Å². The van der Waals surface area contributed by atoms with Gasteiger partial charge in [0.1, 0.15) is 12.0 Å². The summed E-state index contributed by atoms with van der Waals surface area (Å²) in [5.74, 6) is -1.38. The van der Waals surface area contributed by atoms with Crippen LogP contribution in [-0.2, 0) is 6.18 Å². The van der Waals surface area contributed by atoms with Crippen molar-refractivity contribution in [3.05, 3.63) is 63.9 Å². The molecule has 1 aliphatic heterocycles. The Kier molecular flexibility index (Phi) is 6.71. The van der Waals surface area contributed by atoms with Crippen molar-refractivity contribution >= 4 is 29.2 Å². The first-order valence-corrected chi connectivity index (χ1v) is 9.80. The fourth-order valence-corrected chi connectivity index (χ4v) is 2.93. The lowest BCUT2D eigenvalue weighted by Crippen LogP contribution is -2.46. The summed E-state index contributed by atoms with van der Waals surface area (Å²) < 4.78 is 52.5. The van der Waals surface area contributed by atoms with Gasteiger partial charge in [0, 0.05) is 17.2 Å².